The van der Waals surface area contributed by atoms with Gasteiger partial charge >= 0.3 is 0 Å². The molecule has 1 aliphatic heterocycles. The summed E-state index contributed by atoms with van der Waals surface area (Å²) in [6.45, 7) is 14.0. The molecule has 2 heterocycles. The molecule has 2 rings (SSSR count). The van der Waals surface area contributed by atoms with Crippen LogP contribution >= 0.6 is 0 Å². The number of aryl methyl sites for hydroxylation is 1. The van der Waals surface area contributed by atoms with E-state index in [4.69, 9.17) is 0 Å². The topological polar surface area (TPSA) is 44.3 Å². The Morgan fingerprint density at radius 2 is 1.90 bits per heavy atom. The fraction of sp³-hybridized carbons (Fsp3) is 0.750. The summed E-state index contributed by atoms with van der Waals surface area (Å²) in [6.07, 6.45) is 2.32. The Bertz CT molecular complexity index is 440. The van der Waals surface area contributed by atoms with Gasteiger partial charge in [0.15, 0.2) is 0 Å². The molecule has 1 aliphatic rings. The molecule has 5 heteroatoms. The summed E-state index contributed by atoms with van der Waals surface area (Å²) in [4.78, 5) is 14.0. The molecule has 1 aromatic heterocycles. The third-order valence-corrected chi connectivity index (χ3v) is 4.23. The van der Waals surface area contributed by atoms with Crippen LogP contribution in [0.4, 0.5) is 11.6 Å². The second-order valence-electron chi connectivity index (χ2n) is 5.87. The molecule has 118 valence electrons. The molecule has 0 saturated carbocycles. The first-order valence-corrected chi connectivity index (χ1v) is 8.22. The van der Waals surface area contributed by atoms with Crippen molar-refractivity contribution in [2.45, 2.75) is 46.6 Å². The fourth-order valence-electron chi connectivity index (χ4n) is 2.71. The average Bonchev–Trinajstić information content (AvgIpc) is 2.51. The van der Waals surface area contributed by atoms with Crippen LogP contribution < -0.4 is 10.2 Å². The van der Waals surface area contributed by atoms with Crippen molar-refractivity contribution < 1.29 is 0 Å². The molecule has 5 nitrogen and oxygen atoms in total. The van der Waals surface area contributed by atoms with E-state index in [0.717, 1.165) is 56.6 Å². The van der Waals surface area contributed by atoms with Crippen molar-refractivity contribution in [1.29, 1.82) is 0 Å². The van der Waals surface area contributed by atoms with E-state index in [1.165, 1.54) is 6.42 Å². The SMILES string of the molecule is CCCNc1cc(N2CCN(C(C)CC)CC2)nc(C)n1. The van der Waals surface area contributed by atoms with Gasteiger partial charge in [0.25, 0.3) is 0 Å². The first kappa shape index (κ1) is 16.0. The van der Waals surface area contributed by atoms with Crippen LogP contribution in [0, 0.1) is 6.92 Å². The van der Waals surface area contributed by atoms with Crippen LogP contribution in [0.1, 0.15) is 39.4 Å². The summed E-state index contributed by atoms with van der Waals surface area (Å²) in [5.41, 5.74) is 0. The highest BCUT2D eigenvalue weighted by Crippen LogP contribution is 2.19. The predicted molar refractivity (Wildman–Crippen MR) is 89.1 cm³/mol. The van der Waals surface area contributed by atoms with E-state index in [1.54, 1.807) is 0 Å². The van der Waals surface area contributed by atoms with E-state index in [1.807, 2.05) is 6.92 Å². The van der Waals surface area contributed by atoms with E-state index in [2.05, 4.69) is 51.9 Å². The van der Waals surface area contributed by atoms with Crippen molar-refractivity contribution in [1.82, 2.24) is 14.9 Å². The molecule has 1 fully saturated rings. The fourth-order valence-corrected chi connectivity index (χ4v) is 2.71. The van der Waals surface area contributed by atoms with Gasteiger partial charge in [-0.25, -0.2) is 9.97 Å². The highest BCUT2D eigenvalue weighted by Gasteiger charge is 2.21. The summed E-state index contributed by atoms with van der Waals surface area (Å²) in [5.74, 6) is 2.85. The van der Waals surface area contributed by atoms with Gasteiger partial charge in [-0.1, -0.05) is 13.8 Å². The zero-order valence-corrected chi connectivity index (χ0v) is 13.9. The lowest BCUT2D eigenvalue weighted by Crippen LogP contribution is -2.49. The number of hydrogen-bond donors (Lipinski definition) is 1. The molecule has 1 saturated heterocycles. The van der Waals surface area contributed by atoms with Gasteiger partial charge in [-0.05, 0) is 26.7 Å². The molecule has 0 radical (unpaired) electrons. The van der Waals surface area contributed by atoms with Crippen LogP contribution in [0.2, 0.25) is 0 Å². The van der Waals surface area contributed by atoms with Crippen LogP contribution in [-0.4, -0.2) is 53.6 Å². The Morgan fingerprint density at radius 3 is 2.52 bits per heavy atom. The second-order valence-corrected chi connectivity index (χ2v) is 5.87. The summed E-state index contributed by atoms with van der Waals surface area (Å²) in [7, 11) is 0. The molecule has 21 heavy (non-hydrogen) atoms. The Kier molecular flexibility index (Phi) is 5.79. The minimum atomic E-state index is 0.682. The van der Waals surface area contributed by atoms with Gasteiger partial charge in [0, 0.05) is 44.8 Å². The van der Waals surface area contributed by atoms with Crippen LogP contribution in [0.25, 0.3) is 0 Å². The van der Waals surface area contributed by atoms with Crippen LogP contribution in [0.5, 0.6) is 0 Å². The molecule has 1 unspecified atom stereocenters. The third kappa shape index (κ3) is 4.30. The Morgan fingerprint density at radius 1 is 1.19 bits per heavy atom. The standard InChI is InChI=1S/C16H29N5/c1-5-7-17-15-12-16(19-14(4)18-15)21-10-8-20(9-11-21)13(3)6-2/h12-13H,5-11H2,1-4H3,(H,17,18,19). The van der Waals surface area contributed by atoms with Crippen LogP contribution in [-0.2, 0) is 0 Å². The van der Waals surface area contributed by atoms with Crippen molar-refractivity contribution >= 4 is 11.6 Å². The molecule has 1 atom stereocenters. The number of piperazine rings is 1. The molecule has 0 aromatic carbocycles. The molecule has 1 aromatic rings. The Balaban J connectivity index is 2.01. The van der Waals surface area contributed by atoms with Crippen molar-refractivity contribution in [3.8, 4) is 0 Å². The van der Waals surface area contributed by atoms with Gasteiger partial charge in [0.05, 0.1) is 0 Å². The summed E-state index contributed by atoms with van der Waals surface area (Å²) >= 11 is 0. The first-order valence-electron chi connectivity index (χ1n) is 8.22. The van der Waals surface area contributed by atoms with E-state index in [9.17, 15) is 0 Å². The summed E-state index contributed by atoms with van der Waals surface area (Å²) in [5, 5.41) is 3.36. The molecular formula is C16H29N5. The van der Waals surface area contributed by atoms with Crippen molar-refractivity contribution in [3.05, 3.63) is 11.9 Å². The lowest BCUT2D eigenvalue weighted by molar-refractivity contribution is 0.192. The zero-order chi connectivity index (χ0) is 15.2. The summed E-state index contributed by atoms with van der Waals surface area (Å²) in [6, 6.07) is 2.77. The second kappa shape index (κ2) is 7.59. The quantitative estimate of drug-likeness (QED) is 0.872. The van der Waals surface area contributed by atoms with E-state index >= 15 is 0 Å². The number of nitrogens with zero attached hydrogens (tertiary/aromatic N) is 4. The maximum absolute atomic E-state index is 4.61. The van der Waals surface area contributed by atoms with Gasteiger partial charge in [0.1, 0.15) is 17.5 Å². The Hall–Kier alpha value is -1.36. The molecule has 1 N–H and O–H groups in total. The first-order chi connectivity index (χ1) is 10.1. The minimum Gasteiger partial charge on any atom is -0.370 e. The van der Waals surface area contributed by atoms with Crippen molar-refractivity contribution in [2.24, 2.45) is 0 Å². The van der Waals surface area contributed by atoms with Crippen LogP contribution in [0.15, 0.2) is 6.07 Å². The van der Waals surface area contributed by atoms with Gasteiger partial charge in [0.2, 0.25) is 0 Å². The van der Waals surface area contributed by atoms with E-state index < -0.39 is 0 Å². The van der Waals surface area contributed by atoms with Crippen molar-refractivity contribution in [2.75, 3.05) is 42.9 Å². The number of hydrogen-bond acceptors (Lipinski definition) is 5. The van der Waals surface area contributed by atoms with Gasteiger partial charge in [-0.3, -0.25) is 4.90 Å². The van der Waals surface area contributed by atoms with E-state index in [-0.39, 0.29) is 0 Å². The normalized spacial score (nSPS) is 17.8. The Labute approximate surface area is 128 Å². The average molecular weight is 291 g/mol. The molecule has 0 spiro atoms. The maximum Gasteiger partial charge on any atom is 0.134 e. The van der Waals surface area contributed by atoms with Gasteiger partial charge in [-0.15, -0.1) is 0 Å². The molecule has 0 amide bonds. The zero-order valence-electron chi connectivity index (χ0n) is 13.9. The summed E-state index contributed by atoms with van der Waals surface area (Å²) < 4.78 is 0. The monoisotopic (exact) mass is 291 g/mol. The maximum atomic E-state index is 4.61. The van der Waals surface area contributed by atoms with Crippen molar-refractivity contribution in [3.63, 3.8) is 0 Å². The van der Waals surface area contributed by atoms with Gasteiger partial charge in [-0.2, -0.15) is 0 Å². The van der Waals surface area contributed by atoms with Crippen LogP contribution in [0.3, 0.4) is 0 Å². The molecular weight excluding hydrogens is 262 g/mol. The highest BCUT2D eigenvalue weighted by atomic mass is 15.3. The third-order valence-electron chi connectivity index (χ3n) is 4.23. The number of anilines is 2. The molecule has 0 bridgehead atoms. The lowest BCUT2D eigenvalue weighted by atomic mass is 10.2. The highest BCUT2D eigenvalue weighted by molar-refractivity contribution is 5.49. The smallest absolute Gasteiger partial charge is 0.134 e. The number of nitrogens with one attached hydrogen (secondary N) is 1. The minimum absolute atomic E-state index is 0.682. The number of aromatic nitrogens is 2. The lowest BCUT2D eigenvalue weighted by Gasteiger charge is -2.38. The van der Waals surface area contributed by atoms with Gasteiger partial charge < -0.3 is 10.2 Å². The molecule has 0 aliphatic carbocycles. The van der Waals surface area contributed by atoms with E-state index in [0.29, 0.717) is 6.04 Å². The predicted octanol–water partition coefficient (Wildman–Crippen LogP) is 2.53. The number of rotatable bonds is 6. The largest absolute Gasteiger partial charge is 0.370 e.